The van der Waals surface area contributed by atoms with Gasteiger partial charge in [0.1, 0.15) is 0 Å². The lowest BCUT2D eigenvalue weighted by Crippen LogP contribution is -2.39. The minimum absolute atomic E-state index is 0.219. The Balaban J connectivity index is 2.01. The van der Waals surface area contributed by atoms with Crippen LogP contribution in [-0.4, -0.2) is 29.1 Å². The molecule has 1 N–H and O–H groups in total. The first-order valence-corrected chi connectivity index (χ1v) is 5.67. The van der Waals surface area contributed by atoms with Gasteiger partial charge >= 0.3 is 5.97 Å². The van der Waals surface area contributed by atoms with E-state index in [-0.39, 0.29) is 12.0 Å². The zero-order chi connectivity index (χ0) is 11.5. The lowest BCUT2D eigenvalue weighted by atomic mass is 9.96. The Bertz CT molecular complexity index is 347. The lowest BCUT2D eigenvalue weighted by Gasteiger charge is -2.34. The first-order chi connectivity index (χ1) is 7.68. The van der Waals surface area contributed by atoms with E-state index in [2.05, 4.69) is 11.8 Å². The van der Waals surface area contributed by atoms with E-state index in [1.54, 1.807) is 12.5 Å². The molecular weight excluding hydrogens is 206 g/mol. The molecule has 0 bridgehead atoms. The van der Waals surface area contributed by atoms with E-state index in [1.807, 2.05) is 6.07 Å². The van der Waals surface area contributed by atoms with Crippen molar-refractivity contribution in [1.82, 2.24) is 4.90 Å². The number of carboxylic acids is 1. The molecule has 2 unspecified atom stereocenters. The minimum Gasteiger partial charge on any atom is -0.481 e. The summed E-state index contributed by atoms with van der Waals surface area (Å²) in [5.41, 5.74) is 1.12. The molecule has 4 nitrogen and oxygen atoms in total. The molecule has 1 aromatic rings. The first kappa shape index (κ1) is 11.2. The van der Waals surface area contributed by atoms with Crippen molar-refractivity contribution in [3.8, 4) is 0 Å². The average Bonchev–Trinajstić information content (AvgIpc) is 2.81. The second-order valence-corrected chi connectivity index (χ2v) is 4.40. The van der Waals surface area contributed by atoms with Crippen LogP contribution < -0.4 is 0 Å². The molecule has 1 saturated heterocycles. The second-order valence-electron chi connectivity index (χ2n) is 4.40. The smallest absolute Gasteiger partial charge is 0.307 e. The zero-order valence-electron chi connectivity index (χ0n) is 9.43. The van der Waals surface area contributed by atoms with Gasteiger partial charge < -0.3 is 9.52 Å². The first-order valence-electron chi connectivity index (χ1n) is 5.67. The van der Waals surface area contributed by atoms with E-state index in [1.165, 1.54) is 0 Å². The fraction of sp³-hybridized carbons (Fsp3) is 0.583. The van der Waals surface area contributed by atoms with Crippen molar-refractivity contribution in [2.24, 2.45) is 5.92 Å². The van der Waals surface area contributed by atoms with Crippen LogP contribution in [0.2, 0.25) is 0 Å². The van der Waals surface area contributed by atoms with Crippen molar-refractivity contribution in [1.29, 1.82) is 0 Å². The Morgan fingerprint density at radius 2 is 2.50 bits per heavy atom. The summed E-state index contributed by atoms with van der Waals surface area (Å²) in [6, 6.07) is 2.18. The topological polar surface area (TPSA) is 53.7 Å². The highest BCUT2D eigenvalue weighted by molar-refractivity contribution is 5.70. The van der Waals surface area contributed by atoms with Gasteiger partial charge in [0.15, 0.2) is 0 Å². The Hall–Kier alpha value is -1.29. The van der Waals surface area contributed by atoms with Crippen LogP contribution in [0.3, 0.4) is 0 Å². The summed E-state index contributed by atoms with van der Waals surface area (Å²) < 4.78 is 5.06. The number of furan rings is 1. The Kier molecular flexibility index (Phi) is 3.29. The number of carbonyl (C=O) groups is 1. The second kappa shape index (κ2) is 4.70. The Morgan fingerprint density at radius 3 is 3.12 bits per heavy atom. The van der Waals surface area contributed by atoms with Gasteiger partial charge in [-0.25, -0.2) is 0 Å². The maximum absolute atomic E-state index is 11.0. The number of likely N-dealkylation sites (tertiary alicyclic amines) is 1. The van der Waals surface area contributed by atoms with Crippen LogP contribution in [0.1, 0.15) is 31.4 Å². The number of carboxylic acid groups (broad SMARTS) is 1. The predicted molar refractivity (Wildman–Crippen MR) is 59.1 cm³/mol. The molecule has 2 rings (SSSR count). The summed E-state index contributed by atoms with van der Waals surface area (Å²) in [6.07, 6.45) is 5.14. The number of rotatable bonds is 3. The van der Waals surface area contributed by atoms with Gasteiger partial charge in [-0.15, -0.1) is 0 Å². The number of nitrogens with zero attached hydrogens (tertiary/aromatic N) is 1. The quantitative estimate of drug-likeness (QED) is 0.853. The van der Waals surface area contributed by atoms with Crippen LogP contribution >= 0.6 is 0 Å². The molecule has 0 radical (unpaired) electrons. The summed E-state index contributed by atoms with van der Waals surface area (Å²) in [7, 11) is 0. The molecule has 88 valence electrons. The Morgan fingerprint density at radius 1 is 1.69 bits per heavy atom. The van der Waals surface area contributed by atoms with E-state index in [9.17, 15) is 4.79 Å². The van der Waals surface area contributed by atoms with Crippen LogP contribution in [0.4, 0.5) is 0 Å². The number of piperidine rings is 1. The van der Waals surface area contributed by atoms with Gasteiger partial charge in [0.2, 0.25) is 0 Å². The van der Waals surface area contributed by atoms with Gasteiger partial charge in [-0.1, -0.05) is 0 Å². The average molecular weight is 223 g/mol. The van der Waals surface area contributed by atoms with Gasteiger partial charge in [0.25, 0.3) is 0 Å². The maximum atomic E-state index is 11.0. The summed E-state index contributed by atoms with van der Waals surface area (Å²) in [4.78, 5) is 13.2. The minimum atomic E-state index is -0.677. The molecular formula is C12H17NO3. The van der Waals surface area contributed by atoms with E-state index >= 15 is 0 Å². The summed E-state index contributed by atoms with van der Waals surface area (Å²) >= 11 is 0. The number of hydrogen-bond donors (Lipinski definition) is 1. The van der Waals surface area contributed by atoms with Crippen molar-refractivity contribution in [2.45, 2.75) is 25.8 Å². The van der Waals surface area contributed by atoms with E-state index in [4.69, 9.17) is 9.52 Å². The highest BCUT2D eigenvalue weighted by Crippen LogP contribution is 2.26. The summed E-state index contributed by atoms with van der Waals surface area (Å²) in [5.74, 6) is -0.896. The largest absolute Gasteiger partial charge is 0.481 e. The third kappa shape index (κ3) is 2.27. The molecule has 1 aliphatic heterocycles. The summed E-state index contributed by atoms with van der Waals surface area (Å²) in [6.45, 7) is 3.70. The zero-order valence-corrected chi connectivity index (χ0v) is 9.43. The third-order valence-corrected chi connectivity index (χ3v) is 3.38. The van der Waals surface area contributed by atoms with Gasteiger partial charge in [-0.3, -0.25) is 9.69 Å². The van der Waals surface area contributed by atoms with E-state index < -0.39 is 5.97 Å². The third-order valence-electron chi connectivity index (χ3n) is 3.38. The number of aliphatic carboxylic acids is 1. The monoisotopic (exact) mass is 223 g/mol. The van der Waals surface area contributed by atoms with Gasteiger partial charge in [0, 0.05) is 18.2 Å². The van der Waals surface area contributed by atoms with Crippen LogP contribution in [0.15, 0.2) is 23.0 Å². The lowest BCUT2D eigenvalue weighted by molar-refractivity contribution is -0.143. The van der Waals surface area contributed by atoms with Crippen LogP contribution in [0.25, 0.3) is 0 Å². The molecule has 16 heavy (non-hydrogen) atoms. The molecule has 1 fully saturated rings. The molecule has 0 saturated carbocycles. The van der Waals surface area contributed by atoms with Crippen molar-refractivity contribution in [3.63, 3.8) is 0 Å². The molecule has 0 aromatic carbocycles. The standard InChI is InChI=1S/C12H17NO3/c1-9(11-4-6-16-8-11)13-5-2-3-10(7-13)12(14)15/h4,6,8-10H,2-3,5,7H2,1H3,(H,14,15). The number of hydrogen-bond acceptors (Lipinski definition) is 3. The SMILES string of the molecule is CC(c1ccoc1)N1CCCC(C(=O)O)C1. The molecule has 4 heteroatoms. The van der Waals surface area contributed by atoms with Crippen molar-refractivity contribution in [3.05, 3.63) is 24.2 Å². The normalized spacial score (nSPS) is 24.2. The predicted octanol–water partition coefficient (Wildman–Crippen LogP) is 2.14. The van der Waals surface area contributed by atoms with Crippen LogP contribution in [0, 0.1) is 5.92 Å². The van der Waals surface area contributed by atoms with Crippen molar-refractivity contribution >= 4 is 5.97 Å². The fourth-order valence-electron chi connectivity index (χ4n) is 2.28. The highest BCUT2D eigenvalue weighted by Gasteiger charge is 2.28. The van der Waals surface area contributed by atoms with Gasteiger partial charge in [-0.05, 0) is 32.4 Å². The van der Waals surface area contributed by atoms with E-state index in [0.717, 1.165) is 24.9 Å². The van der Waals surface area contributed by atoms with Gasteiger partial charge in [-0.2, -0.15) is 0 Å². The van der Waals surface area contributed by atoms with Crippen LogP contribution in [0.5, 0.6) is 0 Å². The fourth-order valence-corrected chi connectivity index (χ4v) is 2.28. The van der Waals surface area contributed by atoms with E-state index in [0.29, 0.717) is 6.54 Å². The maximum Gasteiger partial charge on any atom is 0.307 e. The summed E-state index contributed by atoms with van der Waals surface area (Å²) in [5, 5.41) is 9.02. The molecule has 2 atom stereocenters. The van der Waals surface area contributed by atoms with Crippen LogP contribution in [-0.2, 0) is 4.79 Å². The van der Waals surface area contributed by atoms with Crippen molar-refractivity contribution in [2.75, 3.05) is 13.1 Å². The van der Waals surface area contributed by atoms with Crippen molar-refractivity contribution < 1.29 is 14.3 Å². The molecule has 0 aliphatic carbocycles. The Labute approximate surface area is 94.9 Å². The molecule has 0 amide bonds. The highest BCUT2D eigenvalue weighted by atomic mass is 16.4. The molecule has 2 heterocycles. The molecule has 1 aromatic heterocycles. The molecule has 1 aliphatic rings. The van der Waals surface area contributed by atoms with Gasteiger partial charge in [0.05, 0.1) is 18.4 Å². The molecule has 0 spiro atoms.